The number of benzene rings is 2. The third kappa shape index (κ3) is 8.30. The molecule has 2 aromatic carbocycles. The summed E-state index contributed by atoms with van der Waals surface area (Å²) in [6, 6.07) is 9.49. The molecule has 1 N–H and O–H groups in total. The normalized spacial score (nSPS) is 24.8. The number of nitrogens with one attached hydrogen (secondary N) is 1. The van der Waals surface area contributed by atoms with E-state index >= 15 is 0 Å². The third-order valence-electron chi connectivity index (χ3n) is 8.70. The first-order valence-electron chi connectivity index (χ1n) is 15.7. The number of fused-ring (bicyclic) bond motifs is 2. The Bertz CT molecular complexity index is 1450. The van der Waals surface area contributed by atoms with E-state index in [0.29, 0.717) is 44.5 Å². The zero-order valence-corrected chi connectivity index (χ0v) is 26.7. The Labute approximate surface area is 267 Å². The van der Waals surface area contributed by atoms with Gasteiger partial charge in [-0.15, -0.1) is 0 Å². The van der Waals surface area contributed by atoms with E-state index in [0.717, 1.165) is 55.6 Å². The number of carbonyl (C=O) groups is 2. The molecule has 0 aliphatic carbocycles. The topological polar surface area (TPSA) is 74.2 Å². The van der Waals surface area contributed by atoms with E-state index in [-0.39, 0.29) is 35.6 Å². The maximum absolute atomic E-state index is 13.8. The Morgan fingerprint density at radius 2 is 1.73 bits per heavy atom. The molecule has 242 valence electrons. The average Bonchev–Trinajstić information content (AvgIpc) is 3.33. The summed E-state index contributed by atoms with van der Waals surface area (Å²) in [5, 5.41) is 2.77. The van der Waals surface area contributed by atoms with Gasteiger partial charge >= 0.3 is 6.18 Å². The lowest BCUT2D eigenvalue weighted by Gasteiger charge is -2.34. The summed E-state index contributed by atoms with van der Waals surface area (Å²) in [6.07, 6.45) is 5.57. The maximum atomic E-state index is 13.8. The average molecular weight is 643 g/mol. The van der Waals surface area contributed by atoms with Crippen LogP contribution in [-0.2, 0) is 17.4 Å². The van der Waals surface area contributed by atoms with E-state index in [4.69, 9.17) is 9.73 Å². The van der Waals surface area contributed by atoms with Gasteiger partial charge in [-0.3, -0.25) is 18.9 Å². The molecular formula is C34H41F3N4O3S. The molecule has 7 nitrogen and oxygen atoms in total. The Balaban J connectivity index is 1.33. The Morgan fingerprint density at radius 1 is 0.956 bits per heavy atom. The van der Waals surface area contributed by atoms with Crippen molar-refractivity contribution < 1.29 is 27.5 Å². The Hall–Kier alpha value is -3.31. The minimum Gasteiger partial charge on any atom is -0.493 e. The minimum absolute atomic E-state index is 0.0315. The fourth-order valence-electron chi connectivity index (χ4n) is 5.94. The summed E-state index contributed by atoms with van der Waals surface area (Å²) in [7, 11) is 1.85. The lowest BCUT2D eigenvalue weighted by molar-refractivity contribution is -0.137. The summed E-state index contributed by atoms with van der Waals surface area (Å²) in [5.74, 6) is 0.864. The fourth-order valence-corrected chi connectivity index (χ4v) is 6.95. The van der Waals surface area contributed by atoms with Crippen LogP contribution in [0.1, 0.15) is 77.6 Å². The third-order valence-corrected chi connectivity index (χ3v) is 9.82. The Morgan fingerprint density at radius 3 is 2.49 bits per heavy atom. The molecule has 5 aliphatic heterocycles. The van der Waals surface area contributed by atoms with E-state index < -0.39 is 17.3 Å². The van der Waals surface area contributed by atoms with Gasteiger partial charge in [-0.25, -0.2) is 0 Å². The van der Waals surface area contributed by atoms with Crippen molar-refractivity contribution in [2.75, 3.05) is 39.0 Å². The van der Waals surface area contributed by atoms with E-state index in [1.807, 2.05) is 38.2 Å². The summed E-state index contributed by atoms with van der Waals surface area (Å²) in [5.41, 5.74) is 1.37. The Kier molecular flexibility index (Phi) is 10.6. The standard InChI is InChI=1S/C34H41F3N4O3S/c1-24-20-26-11-10-25(24)12-19-45-41-16-13-33(14-17-41)32(43)38-30(39-33)27-21-28(34(35,36)37)23-29(22-27)44-18-9-7-5-3-4-6-8-15-40(2)31(26)42/h5,7,10-11,20-23H,3-4,6,8-9,12-19H2,1-2H3,(H,38,39,43)/b7-5+. The van der Waals surface area contributed by atoms with Crippen LogP contribution >= 0.6 is 11.9 Å². The SMILES string of the molecule is Cc1cc2ccc1CCSN1CCC3(CC1)N=C(NC3=O)c1cc(cc(C(F)(F)F)c1)OCC/C=C/CCCCCN(C)C2=O. The first-order chi connectivity index (χ1) is 21.5. The number of halogens is 3. The number of hydrogen-bond acceptors (Lipinski definition) is 6. The van der Waals surface area contributed by atoms with Crippen molar-refractivity contribution in [2.24, 2.45) is 4.99 Å². The lowest BCUT2D eigenvalue weighted by atomic mass is 9.89. The van der Waals surface area contributed by atoms with Gasteiger partial charge in [0.05, 0.1) is 12.2 Å². The largest absolute Gasteiger partial charge is 0.493 e. The first kappa shape index (κ1) is 33.1. The van der Waals surface area contributed by atoms with Crippen LogP contribution in [0.3, 0.4) is 0 Å². The number of allylic oxidation sites excluding steroid dienone is 1. The van der Waals surface area contributed by atoms with Gasteiger partial charge in [0.2, 0.25) is 0 Å². The smallest absolute Gasteiger partial charge is 0.416 e. The number of carbonyl (C=O) groups excluding carboxylic acids is 2. The van der Waals surface area contributed by atoms with Crippen LogP contribution in [0.25, 0.3) is 0 Å². The highest BCUT2D eigenvalue weighted by atomic mass is 32.2. The molecule has 0 aromatic heterocycles. The molecule has 1 spiro atoms. The lowest BCUT2D eigenvalue weighted by Crippen LogP contribution is -2.47. The van der Waals surface area contributed by atoms with Gasteiger partial charge in [0.25, 0.3) is 11.8 Å². The summed E-state index contributed by atoms with van der Waals surface area (Å²) >= 11 is 1.72. The molecule has 45 heavy (non-hydrogen) atoms. The molecule has 0 unspecified atom stereocenters. The molecule has 0 atom stereocenters. The molecule has 1 fully saturated rings. The van der Waals surface area contributed by atoms with Crippen molar-refractivity contribution >= 4 is 29.6 Å². The molecule has 0 radical (unpaired) electrons. The molecule has 7 rings (SSSR count). The molecule has 2 aromatic rings. The second-order valence-corrected chi connectivity index (χ2v) is 13.2. The second kappa shape index (κ2) is 14.4. The number of aliphatic imine (C=N–C) groups is 1. The van der Waals surface area contributed by atoms with Crippen LogP contribution in [-0.4, -0.2) is 71.4 Å². The monoisotopic (exact) mass is 642 g/mol. The molecule has 5 aliphatic rings. The molecular weight excluding hydrogens is 601 g/mol. The van der Waals surface area contributed by atoms with Gasteiger partial charge in [0, 0.05) is 43.6 Å². The zero-order valence-electron chi connectivity index (χ0n) is 25.9. The molecule has 5 heterocycles. The van der Waals surface area contributed by atoms with Gasteiger partial charge in [0.1, 0.15) is 17.1 Å². The van der Waals surface area contributed by atoms with E-state index in [1.54, 1.807) is 16.8 Å². The van der Waals surface area contributed by atoms with Gasteiger partial charge < -0.3 is 15.0 Å². The molecule has 2 amide bonds. The predicted molar refractivity (Wildman–Crippen MR) is 172 cm³/mol. The molecule has 11 heteroatoms. The fraction of sp³-hybridized carbons (Fsp3) is 0.500. The molecule has 0 saturated carbocycles. The number of amidine groups is 1. The highest BCUT2D eigenvalue weighted by molar-refractivity contribution is 7.97. The maximum Gasteiger partial charge on any atom is 0.416 e. The zero-order chi connectivity index (χ0) is 32.0. The van der Waals surface area contributed by atoms with Crippen molar-refractivity contribution in [2.45, 2.75) is 70.0 Å². The number of nitrogens with zero attached hydrogens (tertiary/aromatic N) is 3. The van der Waals surface area contributed by atoms with Crippen LogP contribution < -0.4 is 10.1 Å². The van der Waals surface area contributed by atoms with Crippen LogP contribution in [0.2, 0.25) is 0 Å². The number of hydrogen-bond donors (Lipinski definition) is 1. The van der Waals surface area contributed by atoms with Crippen LogP contribution in [0, 0.1) is 6.92 Å². The van der Waals surface area contributed by atoms with E-state index in [2.05, 4.69) is 15.7 Å². The minimum atomic E-state index is -4.57. The van der Waals surface area contributed by atoms with Crippen LogP contribution in [0.5, 0.6) is 5.75 Å². The van der Waals surface area contributed by atoms with Gasteiger partial charge in [-0.1, -0.05) is 36.6 Å². The highest BCUT2D eigenvalue weighted by Crippen LogP contribution is 2.36. The molecule has 7 bridgehead atoms. The number of rotatable bonds is 0. The number of amides is 2. The van der Waals surface area contributed by atoms with Crippen molar-refractivity contribution in [3.05, 3.63) is 76.4 Å². The van der Waals surface area contributed by atoms with Crippen LogP contribution in [0.15, 0.2) is 53.5 Å². The van der Waals surface area contributed by atoms with Gasteiger partial charge in [-0.2, -0.15) is 13.2 Å². The number of aryl methyl sites for hydroxylation is 2. The first-order valence-corrected chi connectivity index (χ1v) is 16.6. The second-order valence-electron chi connectivity index (χ2n) is 12.0. The van der Waals surface area contributed by atoms with Gasteiger partial charge in [-0.05, 0) is 93.3 Å². The summed E-state index contributed by atoms with van der Waals surface area (Å²) < 4.78 is 49.3. The van der Waals surface area contributed by atoms with Crippen molar-refractivity contribution in [1.82, 2.24) is 14.5 Å². The number of piperidine rings is 1. The summed E-state index contributed by atoms with van der Waals surface area (Å²) in [6.45, 7) is 4.23. The van der Waals surface area contributed by atoms with Crippen molar-refractivity contribution in [1.29, 1.82) is 0 Å². The van der Waals surface area contributed by atoms with E-state index in [1.165, 1.54) is 11.6 Å². The van der Waals surface area contributed by atoms with Crippen molar-refractivity contribution in [3.8, 4) is 5.75 Å². The van der Waals surface area contributed by atoms with E-state index in [9.17, 15) is 22.8 Å². The van der Waals surface area contributed by atoms with Crippen LogP contribution in [0.4, 0.5) is 13.2 Å². The summed E-state index contributed by atoms with van der Waals surface area (Å²) in [4.78, 5) is 32.6. The quantitative estimate of drug-likeness (QED) is 0.260. The molecule has 1 saturated heterocycles. The number of alkyl halides is 3. The number of ether oxygens (including phenoxy) is 1. The van der Waals surface area contributed by atoms with Crippen molar-refractivity contribution in [3.63, 3.8) is 0 Å². The highest BCUT2D eigenvalue weighted by Gasteiger charge is 2.46. The predicted octanol–water partition coefficient (Wildman–Crippen LogP) is 6.59. The van der Waals surface area contributed by atoms with Gasteiger partial charge in [0.15, 0.2) is 0 Å².